The second-order valence-corrected chi connectivity index (χ2v) is 3.21. The van der Waals surface area contributed by atoms with Crippen molar-refractivity contribution in [2.75, 3.05) is 30.9 Å². The van der Waals surface area contributed by atoms with E-state index in [4.69, 9.17) is 0 Å². The second kappa shape index (κ2) is 4.86. The summed E-state index contributed by atoms with van der Waals surface area (Å²) in [5.41, 5.74) is 0.741. The summed E-state index contributed by atoms with van der Waals surface area (Å²) in [6.07, 6.45) is -2.37. The van der Waals surface area contributed by atoms with E-state index in [1.807, 2.05) is 0 Å². The SMILES string of the molecule is CNc1nc(C)cc(N(C)CC(F)F)n1. The molecule has 15 heavy (non-hydrogen) atoms. The van der Waals surface area contributed by atoms with Gasteiger partial charge in [0.2, 0.25) is 5.95 Å². The normalized spacial score (nSPS) is 10.5. The van der Waals surface area contributed by atoms with E-state index < -0.39 is 6.43 Å². The van der Waals surface area contributed by atoms with Crippen LogP contribution in [0, 0.1) is 6.92 Å². The maximum Gasteiger partial charge on any atom is 0.255 e. The first-order chi connectivity index (χ1) is 7.02. The van der Waals surface area contributed by atoms with Crippen molar-refractivity contribution < 1.29 is 8.78 Å². The van der Waals surface area contributed by atoms with Gasteiger partial charge in [0.15, 0.2) is 0 Å². The number of hydrogen-bond acceptors (Lipinski definition) is 4. The number of halogens is 2. The number of rotatable bonds is 4. The summed E-state index contributed by atoms with van der Waals surface area (Å²) in [5, 5.41) is 2.78. The predicted molar refractivity (Wildman–Crippen MR) is 55.6 cm³/mol. The van der Waals surface area contributed by atoms with Crippen LogP contribution < -0.4 is 10.2 Å². The molecule has 1 aromatic heterocycles. The number of anilines is 2. The average Bonchev–Trinajstić information content (AvgIpc) is 2.15. The van der Waals surface area contributed by atoms with Gasteiger partial charge in [0, 0.05) is 25.9 Å². The van der Waals surface area contributed by atoms with Crippen molar-refractivity contribution in [1.29, 1.82) is 0 Å². The predicted octanol–water partition coefficient (Wildman–Crippen LogP) is 1.53. The Morgan fingerprint density at radius 2 is 2.13 bits per heavy atom. The molecule has 0 saturated carbocycles. The van der Waals surface area contributed by atoms with E-state index in [0.717, 1.165) is 5.69 Å². The van der Waals surface area contributed by atoms with Crippen LogP contribution in [-0.4, -0.2) is 37.0 Å². The van der Waals surface area contributed by atoms with Crippen molar-refractivity contribution in [1.82, 2.24) is 9.97 Å². The zero-order valence-corrected chi connectivity index (χ0v) is 8.96. The molecule has 0 aliphatic carbocycles. The third-order valence-corrected chi connectivity index (χ3v) is 1.87. The van der Waals surface area contributed by atoms with Crippen LogP contribution >= 0.6 is 0 Å². The Labute approximate surface area is 87.3 Å². The van der Waals surface area contributed by atoms with Gasteiger partial charge in [-0.1, -0.05) is 0 Å². The fraction of sp³-hybridized carbons (Fsp3) is 0.556. The smallest absolute Gasteiger partial charge is 0.255 e. The van der Waals surface area contributed by atoms with Crippen LogP contribution in [0.3, 0.4) is 0 Å². The van der Waals surface area contributed by atoms with Gasteiger partial charge in [0.25, 0.3) is 6.43 Å². The molecule has 0 aliphatic rings. The van der Waals surface area contributed by atoms with Crippen molar-refractivity contribution >= 4 is 11.8 Å². The van der Waals surface area contributed by atoms with E-state index in [1.165, 1.54) is 4.90 Å². The molecule has 0 bridgehead atoms. The molecule has 1 rings (SSSR count). The van der Waals surface area contributed by atoms with Gasteiger partial charge in [0.05, 0.1) is 6.54 Å². The fourth-order valence-electron chi connectivity index (χ4n) is 1.16. The fourth-order valence-corrected chi connectivity index (χ4v) is 1.16. The maximum atomic E-state index is 12.2. The van der Waals surface area contributed by atoms with E-state index in [2.05, 4.69) is 15.3 Å². The molecule has 0 fully saturated rings. The van der Waals surface area contributed by atoms with Crippen molar-refractivity contribution in [2.24, 2.45) is 0 Å². The first-order valence-electron chi connectivity index (χ1n) is 4.55. The van der Waals surface area contributed by atoms with Crippen molar-refractivity contribution in [2.45, 2.75) is 13.3 Å². The lowest BCUT2D eigenvalue weighted by molar-refractivity contribution is 0.156. The number of aryl methyl sites for hydroxylation is 1. The van der Waals surface area contributed by atoms with Crippen LogP contribution in [0.2, 0.25) is 0 Å². The summed E-state index contributed by atoms with van der Waals surface area (Å²) in [7, 11) is 3.26. The van der Waals surface area contributed by atoms with Gasteiger partial charge < -0.3 is 10.2 Å². The highest BCUT2D eigenvalue weighted by atomic mass is 19.3. The van der Waals surface area contributed by atoms with Crippen LogP contribution in [0.15, 0.2) is 6.07 Å². The topological polar surface area (TPSA) is 41.1 Å². The molecular weight excluding hydrogens is 202 g/mol. The molecule has 0 radical (unpaired) electrons. The molecule has 0 spiro atoms. The van der Waals surface area contributed by atoms with E-state index in [-0.39, 0.29) is 6.54 Å². The molecule has 84 valence electrons. The molecule has 6 heteroatoms. The number of nitrogens with one attached hydrogen (secondary N) is 1. The van der Waals surface area contributed by atoms with Gasteiger partial charge in [-0.05, 0) is 6.92 Å². The van der Waals surface area contributed by atoms with E-state index >= 15 is 0 Å². The van der Waals surface area contributed by atoms with E-state index in [0.29, 0.717) is 11.8 Å². The van der Waals surface area contributed by atoms with Gasteiger partial charge in [-0.15, -0.1) is 0 Å². The zero-order chi connectivity index (χ0) is 11.4. The number of nitrogens with zero attached hydrogens (tertiary/aromatic N) is 3. The Morgan fingerprint density at radius 3 is 2.67 bits per heavy atom. The van der Waals surface area contributed by atoms with E-state index in [1.54, 1.807) is 27.1 Å². The number of hydrogen-bond donors (Lipinski definition) is 1. The van der Waals surface area contributed by atoms with Crippen LogP contribution in [0.5, 0.6) is 0 Å². The van der Waals surface area contributed by atoms with Crippen LogP contribution in [0.1, 0.15) is 5.69 Å². The van der Waals surface area contributed by atoms with Crippen LogP contribution in [-0.2, 0) is 0 Å². The summed E-state index contributed by atoms with van der Waals surface area (Å²) in [5.74, 6) is 0.929. The number of aromatic nitrogens is 2. The second-order valence-electron chi connectivity index (χ2n) is 3.21. The van der Waals surface area contributed by atoms with Gasteiger partial charge >= 0.3 is 0 Å². The van der Waals surface area contributed by atoms with Gasteiger partial charge in [-0.25, -0.2) is 13.8 Å². The van der Waals surface area contributed by atoms with Crippen molar-refractivity contribution in [3.8, 4) is 0 Å². The number of alkyl halides is 2. The third-order valence-electron chi connectivity index (χ3n) is 1.87. The molecular formula is C9H14F2N4. The first-order valence-corrected chi connectivity index (χ1v) is 4.55. The molecule has 0 saturated heterocycles. The highest BCUT2D eigenvalue weighted by Crippen LogP contribution is 2.14. The summed E-state index contributed by atoms with van der Waals surface area (Å²) >= 11 is 0. The largest absolute Gasteiger partial charge is 0.357 e. The Balaban J connectivity index is 2.88. The molecule has 1 N–H and O–H groups in total. The summed E-state index contributed by atoms with van der Waals surface area (Å²) < 4.78 is 24.3. The lowest BCUT2D eigenvalue weighted by Gasteiger charge is -2.18. The Bertz CT molecular complexity index is 330. The van der Waals surface area contributed by atoms with Gasteiger partial charge in [0.1, 0.15) is 5.82 Å². The summed E-state index contributed by atoms with van der Waals surface area (Å²) in [6.45, 7) is 1.46. The molecule has 1 aromatic rings. The minimum absolute atomic E-state index is 0.334. The monoisotopic (exact) mass is 216 g/mol. The highest BCUT2D eigenvalue weighted by Gasteiger charge is 2.11. The Hall–Kier alpha value is -1.46. The summed E-state index contributed by atoms with van der Waals surface area (Å²) in [4.78, 5) is 9.56. The Kier molecular flexibility index (Phi) is 3.76. The molecule has 4 nitrogen and oxygen atoms in total. The lowest BCUT2D eigenvalue weighted by atomic mass is 10.4. The molecule has 0 unspecified atom stereocenters. The summed E-state index contributed by atoms with van der Waals surface area (Å²) in [6, 6.07) is 1.67. The van der Waals surface area contributed by atoms with Crippen LogP contribution in [0.25, 0.3) is 0 Å². The van der Waals surface area contributed by atoms with Gasteiger partial charge in [-0.3, -0.25) is 0 Å². The Morgan fingerprint density at radius 1 is 1.47 bits per heavy atom. The van der Waals surface area contributed by atoms with Crippen molar-refractivity contribution in [3.63, 3.8) is 0 Å². The lowest BCUT2D eigenvalue weighted by Crippen LogP contribution is -2.25. The average molecular weight is 216 g/mol. The molecule has 0 aliphatic heterocycles. The molecule has 0 amide bonds. The zero-order valence-electron chi connectivity index (χ0n) is 8.96. The standard InChI is InChI=1S/C9H14F2N4/c1-6-4-8(14-9(12-2)13-6)15(3)5-7(10)11/h4,7H,5H2,1-3H3,(H,12,13,14). The highest BCUT2D eigenvalue weighted by molar-refractivity contribution is 5.43. The third kappa shape index (κ3) is 3.30. The van der Waals surface area contributed by atoms with Gasteiger partial charge in [-0.2, -0.15) is 4.98 Å². The molecule has 1 heterocycles. The maximum absolute atomic E-state index is 12.2. The van der Waals surface area contributed by atoms with Crippen molar-refractivity contribution in [3.05, 3.63) is 11.8 Å². The van der Waals surface area contributed by atoms with E-state index in [9.17, 15) is 8.78 Å². The molecule has 0 aromatic carbocycles. The minimum Gasteiger partial charge on any atom is -0.357 e. The van der Waals surface area contributed by atoms with Crippen LogP contribution in [0.4, 0.5) is 20.5 Å². The molecule has 0 atom stereocenters. The first kappa shape index (κ1) is 11.6. The minimum atomic E-state index is -2.37. The quantitative estimate of drug-likeness (QED) is 0.828.